The summed E-state index contributed by atoms with van der Waals surface area (Å²) in [6, 6.07) is 21.6. The van der Waals surface area contributed by atoms with Gasteiger partial charge in [0.05, 0.1) is 12.1 Å². The molecule has 0 bridgehead atoms. The molecule has 1 heterocycles. The summed E-state index contributed by atoms with van der Waals surface area (Å²) in [7, 11) is 1.56. The Morgan fingerprint density at radius 2 is 1.83 bits per heavy atom. The molecule has 0 saturated carbocycles. The number of anilines is 1. The fraction of sp³-hybridized carbons (Fsp3) is 0.208. The number of amides is 1. The first-order valence-electron chi connectivity index (χ1n) is 9.65. The highest BCUT2D eigenvalue weighted by molar-refractivity contribution is 6.32. The second-order valence-corrected chi connectivity index (χ2v) is 7.64. The SMILES string of the molecule is COc1ccc(NC(=O)c2ccc(CN3CCc4ccccc4C3)cc2)cc1Cl. The summed E-state index contributed by atoms with van der Waals surface area (Å²) in [6.07, 6.45) is 1.08. The van der Waals surface area contributed by atoms with Crippen LogP contribution in [0, 0.1) is 0 Å². The maximum Gasteiger partial charge on any atom is 0.255 e. The number of nitrogens with zero attached hydrogens (tertiary/aromatic N) is 1. The number of halogens is 1. The van der Waals surface area contributed by atoms with Gasteiger partial charge in [-0.05, 0) is 53.4 Å². The highest BCUT2D eigenvalue weighted by Gasteiger charge is 2.16. The van der Waals surface area contributed by atoms with Crippen molar-refractivity contribution in [2.24, 2.45) is 0 Å². The van der Waals surface area contributed by atoms with Crippen LogP contribution in [0.3, 0.4) is 0 Å². The van der Waals surface area contributed by atoms with Crippen LogP contribution in [0.5, 0.6) is 5.75 Å². The van der Waals surface area contributed by atoms with Gasteiger partial charge in [-0.3, -0.25) is 9.69 Å². The lowest BCUT2D eigenvalue weighted by Gasteiger charge is -2.28. The number of ether oxygens (including phenoxy) is 1. The first kappa shape index (κ1) is 19.5. The Morgan fingerprint density at radius 1 is 1.07 bits per heavy atom. The highest BCUT2D eigenvalue weighted by atomic mass is 35.5. The number of carbonyl (C=O) groups is 1. The van der Waals surface area contributed by atoms with Crippen molar-refractivity contribution in [1.82, 2.24) is 4.90 Å². The third kappa shape index (κ3) is 4.61. The molecule has 1 amide bonds. The first-order valence-corrected chi connectivity index (χ1v) is 10.0. The Kier molecular flexibility index (Phi) is 5.84. The van der Waals surface area contributed by atoms with Gasteiger partial charge in [-0.2, -0.15) is 0 Å². The van der Waals surface area contributed by atoms with E-state index in [2.05, 4.69) is 34.5 Å². The van der Waals surface area contributed by atoms with Crippen LogP contribution in [-0.4, -0.2) is 24.5 Å². The Bertz CT molecular complexity index is 1020. The molecular formula is C24H23ClN2O2. The van der Waals surface area contributed by atoms with E-state index in [0.29, 0.717) is 22.0 Å². The maximum atomic E-state index is 12.5. The van der Waals surface area contributed by atoms with Crippen LogP contribution in [0.4, 0.5) is 5.69 Å². The number of carbonyl (C=O) groups excluding carboxylic acids is 1. The van der Waals surface area contributed by atoms with Crippen molar-refractivity contribution in [3.05, 3.63) is 94.0 Å². The summed E-state index contributed by atoms with van der Waals surface area (Å²) in [6.45, 7) is 2.90. The molecule has 3 aromatic rings. The molecule has 0 aromatic heterocycles. The van der Waals surface area contributed by atoms with Crippen molar-refractivity contribution in [3.8, 4) is 5.75 Å². The molecule has 0 atom stereocenters. The van der Waals surface area contributed by atoms with Crippen molar-refractivity contribution < 1.29 is 9.53 Å². The zero-order valence-corrected chi connectivity index (χ0v) is 17.1. The first-order chi connectivity index (χ1) is 14.1. The van der Waals surface area contributed by atoms with E-state index in [4.69, 9.17) is 16.3 Å². The number of rotatable bonds is 5. The average Bonchev–Trinajstić information content (AvgIpc) is 2.74. The minimum absolute atomic E-state index is 0.162. The largest absolute Gasteiger partial charge is 0.495 e. The number of hydrogen-bond acceptors (Lipinski definition) is 3. The summed E-state index contributed by atoms with van der Waals surface area (Å²) in [5.41, 5.74) is 5.32. The normalized spacial score (nSPS) is 13.6. The van der Waals surface area contributed by atoms with Crippen LogP contribution in [-0.2, 0) is 19.5 Å². The van der Waals surface area contributed by atoms with Gasteiger partial charge in [0.15, 0.2) is 0 Å². The minimum Gasteiger partial charge on any atom is -0.495 e. The molecule has 4 rings (SSSR count). The van der Waals surface area contributed by atoms with Crippen LogP contribution in [0.2, 0.25) is 5.02 Å². The second kappa shape index (κ2) is 8.68. The molecule has 3 aromatic carbocycles. The molecule has 0 unspecified atom stereocenters. The second-order valence-electron chi connectivity index (χ2n) is 7.23. The Labute approximate surface area is 176 Å². The van der Waals surface area contributed by atoms with Gasteiger partial charge in [0.1, 0.15) is 5.75 Å². The van der Waals surface area contributed by atoms with Crippen LogP contribution >= 0.6 is 11.6 Å². The lowest BCUT2D eigenvalue weighted by Crippen LogP contribution is -2.29. The van der Waals surface area contributed by atoms with Crippen molar-refractivity contribution in [1.29, 1.82) is 0 Å². The molecule has 1 N–H and O–H groups in total. The van der Waals surface area contributed by atoms with E-state index in [1.54, 1.807) is 25.3 Å². The predicted octanol–water partition coefficient (Wildman–Crippen LogP) is 5.16. The van der Waals surface area contributed by atoms with Crippen molar-refractivity contribution >= 4 is 23.2 Å². The highest BCUT2D eigenvalue weighted by Crippen LogP contribution is 2.27. The molecule has 0 fully saturated rings. The van der Waals surface area contributed by atoms with Crippen LogP contribution in [0.15, 0.2) is 66.7 Å². The minimum atomic E-state index is -0.162. The summed E-state index contributed by atoms with van der Waals surface area (Å²) in [4.78, 5) is 15.0. The average molecular weight is 407 g/mol. The smallest absolute Gasteiger partial charge is 0.255 e. The van der Waals surface area contributed by atoms with E-state index in [-0.39, 0.29) is 5.91 Å². The predicted molar refractivity (Wildman–Crippen MR) is 117 cm³/mol. The third-order valence-corrected chi connectivity index (χ3v) is 5.54. The van der Waals surface area contributed by atoms with Crippen LogP contribution in [0.1, 0.15) is 27.0 Å². The molecule has 29 heavy (non-hydrogen) atoms. The van der Waals surface area contributed by atoms with Crippen LogP contribution in [0.25, 0.3) is 0 Å². The molecule has 5 heteroatoms. The standard InChI is InChI=1S/C24H23ClN2O2/c1-29-23-11-10-21(14-22(23)25)26-24(28)19-8-6-17(7-9-19)15-27-13-12-18-4-2-3-5-20(18)16-27/h2-11,14H,12-13,15-16H2,1H3,(H,26,28). The molecule has 148 valence electrons. The lowest BCUT2D eigenvalue weighted by atomic mass is 9.99. The molecule has 0 aliphatic carbocycles. The van der Waals surface area contributed by atoms with Gasteiger partial charge in [-0.15, -0.1) is 0 Å². The fourth-order valence-electron chi connectivity index (χ4n) is 3.66. The number of benzene rings is 3. The topological polar surface area (TPSA) is 41.6 Å². The third-order valence-electron chi connectivity index (χ3n) is 5.24. The molecule has 4 nitrogen and oxygen atoms in total. The van der Waals surface area contributed by atoms with Gasteiger partial charge in [-0.1, -0.05) is 48.0 Å². The zero-order chi connectivity index (χ0) is 20.2. The van der Waals surface area contributed by atoms with E-state index >= 15 is 0 Å². The molecule has 1 aliphatic rings. The Morgan fingerprint density at radius 3 is 2.55 bits per heavy atom. The van der Waals surface area contributed by atoms with E-state index < -0.39 is 0 Å². The molecule has 1 aliphatic heterocycles. The molecular weight excluding hydrogens is 384 g/mol. The van der Waals surface area contributed by atoms with Crippen LogP contribution < -0.4 is 10.1 Å². The molecule has 0 spiro atoms. The quantitative estimate of drug-likeness (QED) is 0.636. The summed E-state index contributed by atoms with van der Waals surface area (Å²) < 4.78 is 5.14. The maximum absolute atomic E-state index is 12.5. The lowest BCUT2D eigenvalue weighted by molar-refractivity contribution is 0.102. The van der Waals surface area contributed by atoms with E-state index in [1.807, 2.05) is 24.3 Å². The Hall–Kier alpha value is -2.82. The Balaban J connectivity index is 1.38. The number of fused-ring (bicyclic) bond motifs is 1. The van der Waals surface area contributed by atoms with Crippen molar-refractivity contribution in [2.45, 2.75) is 19.5 Å². The monoisotopic (exact) mass is 406 g/mol. The number of hydrogen-bond donors (Lipinski definition) is 1. The van der Waals surface area contributed by atoms with Gasteiger partial charge in [0.25, 0.3) is 5.91 Å². The summed E-state index contributed by atoms with van der Waals surface area (Å²) >= 11 is 6.12. The van der Waals surface area contributed by atoms with Gasteiger partial charge in [0, 0.05) is 30.9 Å². The summed E-state index contributed by atoms with van der Waals surface area (Å²) in [5, 5.41) is 3.33. The summed E-state index contributed by atoms with van der Waals surface area (Å²) in [5.74, 6) is 0.416. The number of nitrogens with one attached hydrogen (secondary N) is 1. The van der Waals surface area contributed by atoms with Gasteiger partial charge in [-0.25, -0.2) is 0 Å². The van der Waals surface area contributed by atoms with E-state index in [0.717, 1.165) is 26.1 Å². The molecule has 0 radical (unpaired) electrons. The van der Waals surface area contributed by atoms with Crippen molar-refractivity contribution in [3.63, 3.8) is 0 Å². The van der Waals surface area contributed by atoms with Gasteiger partial charge < -0.3 is 10.1 Å². The van der Waals surface area contributed by atoms with Gasteiger partial charge in [0.2, 0.25) is 0 Å². The van der Waals surface area contributed by atoms with E-state index in [9.17, 15) is 4.79 Å². The fourth-order valence-corrected chi connectivity index (χ4v) is 3.91. The zero-order valence-electron chi connectivity index (χ0n) is 16.3. The molecule has 0 saturated heterocycles. The van der Waals surface area contributed by atoms with Gasteiger partial charge >= 0.3 is 0 Å². The number of methoxy groups -OCH3 is 1. The van der Waals surface area contributed by atoms with Crippen molar-refractivity contribution in [2.75, 3.05) is 19.0 Å². The van der Waals surface area contributed by atoms with E-state index in [1.165, 1.54) is 16.7 Å².